The van der Waals surface area contributed by atoms with E-state index in [1.807, 2.05) is 32.1 Å². The Hall–Kier alpha value is -1.31. The number of hydrogen-bond acceptors (Lipinski definition) is 2. The molecule has 0 aliphatic heterocycles. The fourth-order valence-corrected chi connectivity index (χ4v) is 0.805. The molecule has 0 bridgehead atoms. The molecule has 2 N–H and O–H groups in total. The van der Waals surface area contributed by atoms with Crippen molar-refractivity contribution in [2.45, 2.75) is 13.8 Å². The third-order valence-corrected chi connectivity index (χ3v) is 1.56. The summed E-state index contributed by atoms with van der Waals surface area (Å²) in [5.41, 5.74) is 8.44. The van der Waals surface area contributed by atoms with Crippen LogP contribution in [-0.2, 0) is 0 Å². The van der Waals surface area contributed by atoms with Crippen LogP contribution in [0.15, 0.2) is 24.4 Å². The lowest BCUT2D eigenvalue weighted by Gasteiger charge is -1.99. The Morgan fingerprint density at radius 1 is 1.55 bits per heavy atom. The van der Waals surface area contributed by atoms with Gasteiger partial charge in [-0.15, -0.1) is 0 Å². The zero-order valence-corrected chi connectivity index (χ0v) is 6.83. The van der Waals surface area contributed by atoms with Crippen molar-refractivity contribution in [3.05, 3.63) is 35.7 Å². The van der Waals surface area contributed by atoms with Gasteiger partial charge in [-0.1, -0.05) is 6.08 Å². The van der Waals surface area contributed by atoms with Gasteiger partial charge in [-0.3, -0.25) is 4.98 Å². The maximum absolute atomic E-state index is 5.67. The minimum Gasteiger partial charge on any atom is -0.398 e. The maximum atomic E-state index is 5.67. The highest BCUT2D eigenvalue weighted by molar-refractivity contribution is 5.61. The number of rotatable bonds is 1. The number of hydrogen-bond donors (Lipinski definition) is 1. The van der Waals surface area contributed by atoms with Crippen molar-refractivity contribution in [1.82, 2.24) is 4.98 Å². The molecule has 1 aromatic heterocycles. The summed E-state index contributed by atoms with van der Waals surface area (Å²) in [7, 11) is 0. The number of aryl methyl sites for hydroxylation is 1. The number of allylic oxidation sites excluding steroid dienone is 1. The van der Waals surface area contributed by atoms with Crippen LogP contribution in [0.3, 0.4) is 0 Å². The second kappa shape index (κ2) is 3.19. The van der Waals surface area contributed by atoms with E-state index in [4.69, 9.17) is 5.73 Å². The predicted octanol–water partition coefficient (Wildman–Crippen LogP) is 1.71. The van der Waals surface area contributed by atoms with Gasteiger partial charge in [0.05, 0.1) is 0 Å². The molecule has 1 aromatic rings. The first kappa shape index (κ1) is 7.79. The van der Waals surface area contributed by atoms with Crippen LogP contribution in [0.4, 0.5) is 0 Å². The zero-order chi connectivity index (χ0) is 8.27. The molecular weight excluding hydrogens is 136 g/mol. The highest BCUT2D eigenvalue weighted by Crippen LogP contribution is 2.06. The van der Waals surface area contributed by atoms with E-state index in [0.717, 1.165) is 17.0 Å². The van der Waals surface area contributed by atoms with E-state index in [-0.39, 0.29) is 0 Å². The predicted molar refractivity (Wildman–Crippen MR) is 46.8 cm³/mol. The van der Waals surface area contributed by atoms with Crippen molar-refractivity contribution in [1.29, 1.82) is 0 Å². The third kappa shape index (κ3) is 1.80. The maximum Gasteiger partial charge on any atom is 0.0373 e. The van der Waals surface area contributed by atoms with Crippen molar-refractivity contribution in [2.24, 2.45) is 5.73 Å². The molecule has 0 fully saturated rings. The summed E-state index contributed by atoms with van der Waals surface area (Å²) in [5.74, 6) is 0. The summed E-state index contributed by atoms with van der Waals surface area (Å²) in [6, 6.07) is 3.92. The Bertz CT molecular complexity index is 259. The van der Waals surface area contributed by atoms with Gasteiger partial charge in [0, 0.05) is 23.2 Å². The molecule has 0 unspecified atom stereocenters. The van der Waals surface area contributed by atoms with Gasteiger partial charge in [-0.25, -0.2) is 0 Å². The first-order chi connectivity index (χ1) is 5.24. The Morgan fingerprint density at radius 2 is 2.27 bits per heavy atom. The van der Waals surface area contributed by atoms with E-state index < -0.39 is 0 Å². The average molecular weight is 148 g/mol. The topological polar surface area (TPSA) is 38.9 Å². The molecule has 1 rings (SSSR count). The zero-order valence-electron chi connectivity index (χ0n) is 6.83. The van der Waals surface area contributed by atoms with Crippen molar-refractivity contribution < 1.29 is 0 Å². The van der Waals surface area contributed by atoms with Crippen LogP contribution in [0.5, 0.6) is 0 Å². The van der Waals surface area contributed by atoms with E-state index >= 15 is 0 Å². The van der Waals surface area contributed by atoms with Gasteiger partial charge >= 0.3 is 0 Å². The largest absolute Gasteiger partial charge is 0.398 e. The molecule has 0 amide bonds. The van der Waals surface area contributed by atoms with Crippen molar-refractivity contribution in [3.63, 3.8) is 0 Å². The minimum atomic E-state index is 0.775. The highest BCUT2D eigenvalue weighted by atomic mass is 14.7. The molecule has 2 nitrogen and oxygen atoms in total. The van der Waals surface area contributed by atoms with Gasteiger partial charge in [0.2, 0.25) is 0 Å². The number of nitrogens with zero attached hydrogens (tertiary/aromatic N) is 1. The quantitative estimate of drug-likeness (QED) is 0.658. The molecule has 58 valence electrons. The Kier molecular flexibility index (Phi) is 2.26. The summed E-state index contributed by atoms with van der Waals surface area (Å²) in [6.07, 6.45) is 3.65. The van der Waals surface area contributed by atoms with Gasteiger partial charge < -0.3 is 5.73 Å². The van der Waals surface area contributed by atoms with Crippen molar-refractivity contribution >= 4 is 5.70 Å². The number of pyridine rings is 1. The monoisotopic (exact) mass is 148 g/mol. The molecule has 2 heteroatoms. The van der Waals surface area contributed by atoms with Crippen LogP contribution in [0.2, 0.25) is 0 Å². The fourth-order valence-electron chi connectivity index (χ4n) is 0.805. The highest BCUT2D eigenvalue weighted by Gasteiger charge is 1.93. The van der Waals surface area contributed by atoms with Gasteiger partial charge in [0.15, 0.2) is 0 Å². The lowest BCUT2D eigenvalue weighted by atomic mass is 10.2. The van der Waals surface area contributed by atoms with Crippen molar-refractivity contribution in [2.75, 3.05) is 0 Å². The minimum absolute atomic E-state index is 0.775. The van der Waals surface area contributed by atoms with Crippen molar-refractivity contribution in [3.8, 4) is 0 Å². The summed E-state index contributed by atoms with van der Waals surface area (Å²) < 4.78 is 0. The second-order valence-electron chi connectivity index (χ2n) is 2.43. The van der Waals surface area contributed by atoms with Gasteiger partial charge in [0.25, 0.3) is 0 Å². The van der Waals surface area contributed by atoms with Crippen LogP contribution in [0, 0.1) is 6.92 Å². The molecule has 0 spiro atoms. The van der Waals surface area contributed by atoms with Gasteiger partial charge in [-0.2, -0.15) is 0 Å². The normalized spacial score (nSPS) is 11.6. The third-order valence-electron chi connectivity index (χ3n) is 1.56. The SMILES string of the molecule is C/C=C(\N)c1ccc(C)nc1. The molecule has 0 aromatic carbocycles. The number of aromatic nitrogens is 1. The van der Waals surface area contributed by atoms with Crippen LogP contribution >= 0.6 is 0 Å². The summed E-state index contributed by atoms with van der Waals surface area (Å²) in [5, 5.41) is 0. The van der Waals surface area contributed by atoms with Crippen LogP contribution in [0.25, 0.3) is 5.70 Å². The number of nitrogens with two attached hydrogens (primary N) is 1. The standard InChI is InChI=1S/C9H12N2/c1-3-9(10)8-5-4-7(2)11-6-8/h3-6H,10H2,1-2H3/b9-3-. The molecule has 0 aliphatic rings. The lowest BCUT2D eigenvalue weighted by Crippen LogP contribution is -1.96. The molecule has 0 saturated carbocycles. The first-order valence-corrected chi connectivity index (χ1v) is 3.59. The molecule has 0 atom stereocenters. The summed E-state index contributed by atoms with van der Waals surface area (Å²) in [4.78, 5) is 4.13. The Labute approximate surface area is 66.8 Å². The Morgan fingerprint density at radius 3 is 2.73 bits per heavy atom. The molecule has 0 saturated heterocycles. The van der Waals surface area contributed by atoms with E-state index in [9.17, 15) is 0 Å². The smallest absolute Gasteiger partial charge is 0.0373 e. The molecule has 0 radical (unpaired) electrons. The van der Waals surface area contributed by atoms with E-state index in [0.29, 0.717) is 0 Å². The van der Waals surface area contributed by atoms with Gasteiger partial charge in [0.1, 0.15) is 0 Å². The van der Waals surface area contributed by atoms with E-state index in [2.05, 4.69) is 4.98 Å². The average Bonchev–Trinajstić information content (AvgIpc) is 2.05. The first-order valence-electron chi connectivity index (χ1n) is 3.59. The van der Waals surface area contributed by atoms with Crippen LogP contribution < -0.4 is 5.73 Å². The fraction of sp³-hybridized carbons (Fsp3) is 0.222. The Balaban J connectivity index is 2.99. The lowest BCUT2D eigenvalue weighted by molar-refractivity contribution is 1.19. The van der Waals surface area contributed by atoms with E-state index in [1.54, 1.807) is 6.20 Å². The van der Waals surface area contributed by atoms with E-state index in [1.165, 1.54) is 0 Å². The molecule has 1 heterocycles. The molecule has 11 heavy (non-hydrogen) atoms. The molecule has 0 aliphatic carbocycles. The summed E-state index contributed by atoms with van der Waals surface area (Å²) >= 11 is 0. The second-order valence-corrected chi connectivity index (χ2v) is 2.43. The van der Waals surface area contributed by atoms with Crippen LogP contribution in [-0.4, -0.2) is 4.98 Å². The van der Waals surface area contributed by atoms with Gasteiger partial charge in [-0.05, 0) is 26.0 Å². The molecular formula is C9H12N2. The summed E-state index contributed by atoms with van der Waals surface area (Å²) in [6.45, 7) is 3.87. The van der Waals surface area contributed by atoms with Crippen LogP contribution in [0.1, 0.15) is 18.2 Å².